The molecule has 0 aliphatic carbocycles. The van der Waals surface area contributed by atoms with Gasteiger partial charge in [-0.1, -0.05) is 23.7 Å². The fourth-order valence-corrected chi connectivity index (χ4v) is 3.48. The number of hydrogen-bond acceptors (Lipinski definition) is 3. The first-order valence-electron chi connectivity index (χ1n) is 9.01. The van der Waals surface area contributed by atoms with E-state index in [1.54, 1.807) is 12.1 Å². The Bertz CT molecular complexity index is 871. The summed E-state index contributed by atoms with van der Waals surface area (Å²) >= 11 is 11.7. The van der Waals surface area contributed by atoms with Gasteiger partial charge in [-0.25, -0.2) is 4.39 Å². The van der Waals surface area contributed by atoms with Crippen molar-refractivity contribution in [1.82, 2.24) is 9.80 Å². The number of thiocarbonyl (C=S) groups is 1. The number of carbonyl (C=O) groups excluding carboxylic acids is 1. The van der Waals surface area contributed by atoms with Crippen LogP contribution in [-0.2, 0) is 4.79 Å². The van der Waals surface area contributed by atoms with Crippen molar-refractivity contribution in [2.24, 2.45) is 0 Å². The summed E-state index contributed by atoms with van der Waals surface area (Å²) in [6.07, 6.45) is 0. The van der Waals surface area contributed by atoms with Crippen LogP contribution in [0.3, 0.4) is 0 Å². The molecular weight excluding hydrogens is 399 g/mol. The maximum atomic E-state index is 13.2. The van der Waals surface area contributed by atoms with Gasteiger partial charge < -0.3 is 15.5 Å². The van der Waals surface area contributed by atoms with Gasteiger partial charge in [0.05, 0.1) is 6.54 Å². The minimum Gasteiger partial charge on any atom is -0.346 e. The predicted molar refractivity (Wildman–Crippen MR) is 115 cm³/mol. The topological polar surface area (TPSA) is 47.6 Å². The van der Waals surface area contributed by atoms with Crippen LogP contribution in [0.25, 0.3) is 0 Å². The van der Waals surface area contributed by atoms with E-state index < -0.39 is 0 Å². The second-order valence-corrected chi connectivity index (χ2v) is 7.46. The van der Waals surface area contributed by atoms with Crippen molar-refractivity contribution < 1.29 is 9.18 Å². The van der Waals surface area contributed by atoms with E-state index in [9.17, 15) is 9.18 Å². The first-order chi connectivity index (χ1) is 13.4. The number of piperazine rings is 1. The lowest BCUT2D eigenvalue weighted by Crippen LogP contribution is -2.51. The fraction of sp³-hybridized carbons (Fsp3) is 0.300. The monoisotopic (exact) mass is 420 g/mol. The molecule has 1 amide bonds. The van der Waals surface area contributed by atoms with Gasteiger partial charge >= 0.3 is 0 Å². The molecule has 3 rings (SSSR count). The van der Waals surface area contributed by atoms with Crippen LogP contribution in [0.2, 0.25) is 5.02 Å². The largest absolute Gasteiger partial charge is 0.346 e. The molecule has 0 aromatic heterocycles. The van der Waals surface area contributed by atoms with Crippen LogP contribution in [0.15, 0.2) is 42.5 Å². The molecule has 0 bridgehead atoms. The van der Waals surface area contributed by atoms with Gasteiger partial charge in [0.2, 0.25) is 5.91 Å². The highest BCUT2D eigenvalue weighted by Crippen LogP contribution is 2.23. The van der Waals surface area contributed by atoms with Crippen LogP contribution >= 0.6 is 23.8 Å². The van der Waals surface area contributed by atoms with E-state index in [-0.39, 0.29) is 18.3 Å². The maximum absolute atomic E-state index is 13.2. The molecule has 148 valence electrons. The molecule has 1 aliphatic rings. The third-order valence-corrected chi connectivity index (χ3v) is 5.41. The third-order valence-electron chi connectivity index (χ3n) is 4.64. The zero-order valence-electron chi connectivity index (χ0n) is 15.5. The molecule has 2 aromatic carbocycles. The molecule has 0 radical (unpaired) electrons. The predicted octanol–water partition coefficient (Wildman–Crippen LogP) is 3.74. The van der Waals surface area contributed by atoms with Crippen LogP contribution < -0.4 is 10.6 Å². The van der Waals surface area contributed by atoms with Gasteiger partial charge in [0.1, 0.15) is 5.82 Å². The summed E-state index contributed by atoms with van der Waals surface area (Å²) in [6, 6.07) is 11.6. The van der Waals surface area contributed by atoms with E-state index >= 15 is 0 Å². The van der Waals surface area contributed by atoms with Gasteiger partial charge in [0.15, 0.2) is 5.11 Å². The van der Waals surface area contributed by atoms with E-state index in [0.717, 1.165) is 24.3 Å². The number of hydrogen-bond donors (Lipinski definition) is 2. The van der Waals surface area contributed by atoms with Gasteiger partial charge in [0.25, 0.3) is 0 Å². The lowest BCUT2D eigenvalue weighted by molar-refractivity contribution is -0.117. The second-order valence-electron chi connectivity index (χ2n) is 6.66. The van der Waals surface area contributed by atoms with E-state index in [2.05, 4.69) is 20.4 Å². The summed E-state index contributed by atoms with van der Waals surface area (Å²) in [5.74, 6) is -0.531. The average molecular weight is 421 g/mol. The molecule has 28 heavy (non-hydrogen) atoms. The van der Waals surface area contributed by atoms with E-state index in [1.165, 1.54) is 12.1 Å². The van der Waals surface area contributed by atoms with E-state index in [1.807, 2.05) is 25.1 Å². The van der Waals surface area contributed by atoms with E-state index in [4.69, 9.17) is 23.8 Å². The Morgan fingerprint density at radius 3 is 2.57 bits per heavy atom. The lowest BCUT2D eigenvalue weighted by Gasteiger charge is -2.36. The Balaban J connectivity index is 1.46. The highest BCUT2D eigenvalue weighted by atomic mass is 35.5. The maximum Gasteiger partial charge on any atom is 0.238 e. The van der Waals surface area contributed by atoms with Crippen molar-refractivity contribution in [2.45, 2.75) is 6.92 Å². The number of nitrogens with zero attached hydrogens (tertiary/aromatic N) is 2. The molecule has 0 unspecified atom stereocenters. The number of anilines is 2. The summed E-state index contributed by atoms with van der Waals surface area (Å²) in [6.45, 7) is 5.08. The van der Waals surface area contributed by atoms with Crippen LogP contribution in [-0.4, -0.2) is 53.5 Å². The SMILES string of the molecule is Cc1c(Cl)cccc1NC(=S)N1CCN(CC(=O)Nc2cccc(F)c2)CC1. The van der Waals surface area contributed by atoms with Gasteiger partial charge in [-0.3, -0.25) is 9.69 Å². The van der Waals surface area contributed by atoms with Crippen LogP contribution in [0.5, 0.6) is 0 Å². The molecular formula is C20H22ClFN4OS. The quantitative estimate of drug-likeness (QED) is 0.738. The van der Waals surface area contributed by atoms with Crippen molar-refractivity contribution in [3.63, 3.8) is 0 Å². The minimum atomic E-state index is -0.373. The average Bonchev–Trinajstić information content (AvgIpc) is 2.66. The number of nitrogens with one attached hydrogen (secondary N) is 2. The summed E-state index contributed by atoms with van der Waals surface area (Å²) < 4.78 is 13.2. The summed E-state index contributed by atoms with van der Waals surface area (Å²) in [7, 11) is 0. The van der Waals surface area contributed by atoms with Crippen molar-refractivity contribution >= 4 is 46.2 Å². The lowest BCUT2D eigenvalue weighted by atomic mass is 10.2. The molecule has 0 atom stereocenters. The van der Waals surface area contributed by atoms with Gasteiger partial charge in [-0.15, -0.1) is 0 Å². The highest BCUT2D eigenvalue weighted by Gasteiger charge is 2.21. The Labute approximate surface area is 174 Å². The van der Waals surface area contributed by atoms with Crippen molar-refractivity contribution in [3.8, 4) is 0 Å². The van der Waals surface area contributed by atoms with Gasteiger partial charge in [0, 0.05) is 42.6 Å². The Hall–Kier alpha value is -2.22. The zero-order valence-corrected chi connectivity index (χ0v) is 17.1. The smallest absolute Gasteiger partial charge is 0.238 e. The highest BCUT2D eigenvalue weighted by molar-refractivity contribution is 7.80. The van der Waals surface area contributed by atoms with Crippen molar-refractivity contribution in [1.29, 1.82) is 0 Å². The minimum absolute atomic E-state index is 0.158. The second kappa shape index (κ2) is 9.32. The summed E-state index contributed by atoms with van der Waals surface area (Å²) in [4.78, 5) is 16.3. The normalized spacial score (nSPS) is 14.6. The number of rotatable bonds is 4. The Morgan fingerprint density at radius 1 is 1.14 bits per heavy atom. The third kappa shape index (κ3) is 5.41. The summed E-state index contributed by atoms with van der Waals surface area (Å²) in [5, 5.41) is 7.32. The molecule has 2 aromatic rings. The van der Waals surface area contributed by atoms with Gasteiger partial charge in [-0.2, -0.15) is 0 Å². The number of carbonyl (C=O) groups is 1. The fourth-order valence-electron chi connectivity index (χ4n) is 3.02. The van der Waals surface area contributed by atoms with Gasteiger partial charge in [-0.05, 0) is 55.0 Å². The molecule has 2 N–H and O–H groups in total. The standard InChI is InChI=1S/C20H22ClFN4OS/c1-14-17(21)6-3-7-18(14)24-20(28)26-10-8-25(9-11-26)13-19(27)23-16-5-2-4-15(22)12-16/h2-7,12H,8-11,13H2,1H3,(H,23,27)(H,24,28). The molecule has 0 spiro atoms. The van der Waals surface area contributed by atoms with Crippen LogP contribution in [0.4, 0.5) is 15.8 Å². The van der Waals surface area contributed by atoms with Crippen LogP contribution in [0.1, 0.15) is 5.56 Å². The molecule has 1 aliphatic heterocycles. The molecule has 1 heterocycles. The number of amides is 1. The molecule has 5 nitrogen and oxygen atoms in total. The van der Waals surface area contributed by atoms with Crippen molar-refractivity contribution in [2.75, 3.05) is 43.4 Å². The van der Waals surface area contributed by atoms with Crippen LogP contribution in [0, 0.1) is 12.7 Å². The van der Waals surface area contributed by atoms with E-state index in [0.29, 0.717) is 28.9 Å². The molecule has 0 saturated carbocycles. The molecule has 8 heteroatoms. The Kier molecular flexibility index (Phi) is 6.83. The molecule has 1 saturated heterocycles. The number of halogens is 2. The first kappa shape index (κ1) is 20.5. The zero-order chi connectivity index (χ0) is 20.1. The first-order valence-corrected chi connectivity index (χ1v) is 9.80. The van der Waals surface area contributed by atoms with Crippen molar-refractivity contribution in [3.05, 3.63) is 58.9 Å². The summed E-state index contributed by atoms with van der Waals surface area (Å²) in [5.41, 5.74) is 2.32. The number of benzene rings is 2. The molecule has 1 fully saturated rings. The Morgan fingerprint density at radius 2 is 1.86 bits per heavy atom.